The maximum Gasteiger partial charge on any atom is 0.235 e. The Labute approximate surface area is 55.6 Å². The van der Waals surface area contributed by atoms with E-state index in [1.165, 1.54) is 0 Å². The number of hydrogen-bond acceptors (Lipinski definition) is 5. The summed E-state index contributed by atoms with van der Waals surface area (Å²) in [4.78, 5) is 17.6. The minimum atomic E-state index is -1.48. The monoisotopic (exact) mass is 150 g/mol. The molecule has 0 aromatic carbocycles. The van der Waals surface area contributed by atoms with Crippen molar-refractivity contribution >= 4 is 0 Å². The fourth-order valence-corrected chi connectivity index (χ4v) is 0.402. The summed E-state index contributed by atoms with van der Waals surface area (Å²) < 4.78 is 0. The molecule has 7 heteroatoms. The van der Waals surface area contributed by atoms with E-state index in [1.54, 1.807) is 0 Å². The highest BCUT2D eigenvalue weighted by Crippen LogP contribution is 1.83. The summed E-state index contributed by atoms with van der Waals surface area (Å²) >= 11 is 0. The highest BCUT2D eigenvalue weighted by molar-refractivity contribution is 4.47. The Hall–Kier alpha value is -1.24. The minimum Gasteiger partial charge on any atom is -0.380 e. The quantitative estimate of drug-likeness (QED) is 0.404. The molecule has 0 bridgehead atoms. The average molecular weight is 150 g/mol. The van der Waals surface area contributed by atoms with Crippen molar-refractivity contribution in [2.75, 3.05) is 13.1 Å². The van der Waals surface area contributed by atoms with Gasteiger partial charge >= 0.3 is 0 Å². The van der Waals surface area contributed by atoms with Crippen LogP contribution in [0.15, 0.2) is 0 Å². The summed E-state index contributed by atoms with van der Waals surface area (Å²) in [6.45, 7) is -1.55. The zero-order chi connectivity index (χ0) is 8.15. The Morgan fingerprint density at radius 2 is 1.50 bits per heavy atom. The topological polar surface area (TPSA) is 107 Å². The predicted molar refractivity (Wildman–Crippen MR) is 29.7 cm³/mol. The second kappa shape index (κ2) is 3.72. The fraction of sp³-hybridized carbons (Fsp3) is 1.00. The minimum absolute atomic E-state index is 0.777. The van der Waals surface area contributed by atoms with Crippen LogP contribution in [0.1, 0.15) is 0 Å². The Kier molecular flexibility index (Phi) is 3.26. The molecule has 58 valence electrons. The molecule has 0 radical (unpaired) electrons. The van der Waals surface area contributed by atoms with Gasteiger partial charge in [-0.15, -0.1) is 0 Å². The van der Waals surface area contributed by atoms with Crippen LogP contribution in [-0.4, -0.2) is 34.1 Å². The van der Waals surface area contributed by atoms with Crippen LogP contribution in [0.3, 0.4) is 0 Å². The first-order valence-electron chi connectivity index (χ1n) is 2.44. The fourth-order valence-electron chi connectivity index (χ4n) is 0.402. The Morgan fingerprint density at radius 3 is 1.70 bits per heavy atom. The molecule has 0 unspecified atom stereocenters. The first kappa shape index (κ1) is 8.76. The molecule has 10 heavy (non-hydrogen) atoms. The molecule has 0 aliphatic carbocycles. The number of nitro groups is 2. The third-order valence-corrected chi connectivity index (χ3v) is 0.720. The molecule has 0 amide bonds. The van der Waals surface area contributed by atoms with Gasteiger partial charge in [0, 0.05) is 9.85 Å². The molecular weight excluding hydrogens is 144 g/mol. The number of aliphatic hydroxyl groups excluding tert-OH is 1. The van der Waals surface area contributed by atoms with E-state index in [-0.39, 0.29) is 0 Å². The first-order chi connectivity index (χ1) is 4.52. The first-order valence-corrected chi connectivity index (χ1v) is 2.44. The summed E-state index contributed by atoms with van der Waals surface area (Å²) in [6.07, 6.45) is -1.48. The van der Waals surface area contributed by atoms with Crippen LogP contribution in [0.5, 0.6) is 0 Å². The summed E-state index contributed by atoms with van der Waals surface area (Å²) in [5.74, 6) is 0. The molecule has 0 aromatic rings. The van der Waals surface area contributed by atoms with Crippen LogP contribution >= 0.6 is 0 Å². The van der Waals surface area contributed by atoms with Crippen LogP contribution in [0, 0.1) is 20.2 Å². The third kappa shape index (κ3) is 4.91. The van der Waals surface area contributed by atoms with E-state index in [9.17, 15) is 20.2 Å². The van der Waals surface area contributed by atoms with Gasteiger partial charge in [0.25, 0.3) is 0 Å². The average Bonchev–Trinajstić information content (AvgIpc) is 1.58. The van der Waals surface area contributed by atoms with Crippen LogP contribution in [0.2, 0.25) is 0 Å². The van der Waals surface area contributed by atoms with Crippen molar-refractivity contribution in [3.63, 3.8) is 0 Å². The van der Waals surface area contributed by atoms with E-state index in [4.69, 9.17) is 5.11 Å². The van der Waals surface area contributed by atoms with E-state index < -0.39 is 29.0 Å². The Morgan fingerprint density at radius 1 is 1.20 bits per heavy atom. The largest absolute Gasteiger partial charge is 0.380 e. The number of aliphatic hydroxyl groups is 1. The standard InChI is InChI=1S/C3H6N2O5/c6-3(1-4(7)8)2-5(9)10/h3,6H,1-2H2. The van der Waals surface area contributed by atoms with Crippen LogP contribution in [0.4, 0.5) is 0 Å². The van der Waals surface area contributed by atoms with Gasteiger partial charge < -0.3 is 5.11 Å². The lowest BCUT2D eigenvalue weighted by molar-refractivity contribution is -0.527. The smallest absolute Gasteiger partial charge is 0.235 e. The molecule has 0 aliphatic rings. The summed E-state index contributed by atoms with van der Waals surface area (Å²) in [5, 5.41) is 27.7. The molecule has 0 atom stereocenters. The van der Waals surface area contributed by atoms with Gasteiger partial charge in [-0.1, -0.05) is 0 Å². The van der Waals surface area contributed by atoms with Gasteiger partial charge in [-0.3, -0.25) is 20.2 Å². The summed E-state index contributed by atoms with van der Waals surface area (Å²) in [6, 6.07) is 0. The van der Waals surface area contributed by atoms with E-state index in [0.717, 1.165) is 0 Å². The molecule has 0 fully saturated rings. The van der Waals surface area contributed by atoms with Crippen molar-refractivity contribution in [1.29, 1.82) is 0 Å². The van der Waals surface area contributed by atoms with E-state index in [0.29, 0.717) is 0 Å². The molecule has 0 saturated heterocycles. The van der Waals surface area contributed by atoms with Crippen molar-refractivity contribution in [2.24, 2.45) is 0 Å². The van der Waals surface area contributed by atoms with Crippen molar-refractivity contribution in [1.82, 2.24) is 0 Å². The van der Waals surface area contributed by atoms with Crippen LogP contribution in [0.25, 0.3) is 0 Å². The van der Waals surface area contributed by atoms with Crippen LogP contribution in [-0.2, 0) is 0 Å². The van der Waals surface area contributed by atoms with Crippen molar-refractivity contribution < 1.29 is 15.0 Å². The third-order valence-electron chi connectivity index (χ3n) is 0.720. The molecule has 0 rings (SSSR count). The van der Waals surface area contributed by atoms with Gasteiger partial charge in [-0.2, -0.15) is 0 Å². The SMILES string of the molecule is O=[N+]([O-])CC(O)C[N+](=O)[O-]. The summed E-state index contributed by atoms with van der Waals surface area (Å²) in [5.41, 5.74) is 0. The van der Waals surface area contributed by atoms with Gasteiger partial charge in [0.1, 0.15) is 0 Å². The van der Waals surface area contributed by atoms with Gasteiger partial charge in [-0.25, -0.2) is 0 Å². The molecular formula is C3H6N2O5. The lowest BCUT2D eigenvalue weighted by Crippen LogP contribution is -2.27. The molecule has 0 aliphatic heterocycles. The Bertz CT molecular complexity index is 130. The highest BCUT2D eigenvalue weighted by atomic mass is 16.6. The zero-order valence-corrected chi connectivity index (χ0v) is 4.97. The number of hydrogen-bond donors (Lipinski definition) is 1. The maximum atomic E-state index is 9.61. The van der Waals surface area contributed by atoms with E-state index in [1.807, 2.05) is 0 Å². The Balaban J connectivity index is 3.53. The second-order valence-corrected chi connectivity index (χ2v) is 1.68. The van der Waals surface area contributed by atoms with Gasteiger partial charge in [0.2, 0.25) is 13.1 Å². The van der Waals surface area contributed by atoms with Crippen LogP contribution < -0.4 is 0 Å². The predicted octanol–water partition coefficient (Wildman–Crippen LogP) is -1.10. The van der Waals surface area contributed by atoms with Crippen molar-refractivity contribution in [2.45, 2.75) is 6.10 Å². The molecule has 0 heterocycles. The maximum absolute atomic E-state index is 9.61. The molecule has 7 nitrogen and oxygen atoms in total. The van der Waals surface area contributed by atoms with Gasteiger partial charge in [0.05, 0.1) is 0 Å². The molecule has 0 spiro atoms. The highest BCUT2D eigenvalue weighted by Gasteiger charge is 2.16. The van der Waals surface area contributed by atoms with Gasteiger partial charge in [-0.05, 0) is 0 Å². The summed E-state index contributed by atoms with van der Waals surface area (Å²) in [7, 11) is 0. The molecule has 1 N–H and O–H groups in total. The normalized spacial score (nSPS) is 9.80. The van der Waals surface area contributed by atoms with Gasteiger partial charge in [0.15, 0.2) is 6.10 Å². The zero-order valence-electron chi connectivity index (χ0n) is 4.97. The number of rotatable bonds is 4. The lowest BCUT2D eigenvalue weighted by atomic mass is 10.4. The van der Waals surface area contributed by atoms with E-state index in [2.05, 4.69) is 0 Å². The molecule has 0 saturated carbocycles. The van der Waals surface area contributed by atoms with E-state index >= 15 is 0 Å². The van der Waals surface area contributed by atoms with Crippen molar-refractivity contribution in [3.8, 4) is 0 Å². The molecule has 0 aromatic heterocycles. The van der Waals surface area contributed by atoms with Crippen molar-refractivity contribution in [3.05, 3.63) is 20.2 Å². The lowest BCUT2D eigenvalue weighted by Gasteiger charge is -1.97. The second-order valence-electron chi connectivity index (χ2n) is 1.68. The number of nitrogens with zero attached hydrogens (tertiary/aromatic N) is 2.